The van der Waals surface area contributed by atoms with Gasteiger partial charge in [0.1, 0.15) is 5.82 Å². The van der Waals surface area contributed by atoms with E-state index in [1.54, 1.807) is 42.7 Å². The van der Waals surface area contributed by atoms with Crippen LogP contribution in [0.15, 0.2) is 73.1 Å². The Balaban J connectivity index is 1.50. The fourth-order valence-corrected chi connectivity index (χ4v) is 3.36. The summed E-state index contributed by atoms with van der Waals surface area (Å²) >= 11 is 0. The second kappa shape index (κ2) is 9.67. The van der Waals surface area contributed by atoms with E-state index < -0.39 is 17.8 Å². The molecule has 2 aromatic carbocycles. The quantitative estimate of drug-likeness (QED) is 0.291. The molecule has 0 atom stereocenters. The van der Waals surface area contributed by atoms with Gasteiger partial charge in [-0.25, -0.2) is 9.78 Å². The van der Waals surface area contributed by atoms with Gasteiger partial charge in [-0.1, -0.05) is 12.1 Å². The summed E-state index contributed by atoms with van der Waals surface area (Å²) in [6.45, 7) is 1.39. The number of aromatic nitrogens is 3. The molecule has 2 aromatic heterocycles. The van der Waals surface area contributed by atoms with Crippen LogP contribution in [-0.4, -0.2) is 27.1 Å². The predicted octanol–water partition coefficient (Wildman–Crippen LogP) is 5.76. The number of nitrogens with zero attached hydrogens (tertiary/aromatic N) is 2. The number of halogens is 3. The van der Waals surface area contributed by atoms with E-state index in [1.165, 1.54) is 19.1 Å². The van der Waals surface area contributed by atoms with E-state index in [1.807, 2.05) is 6.07 Å². The van der Waals surface area contributed by atoms with Gasteiger partial charge in [-0.15, -0.1) is 0 Å². The molecule has 3 amide bonds. The van der Waals surface area contributed by atoms with Gasteiger partial charge in [0, 0.05) is 41.8 Å². The molecule has 35 heavy (non-hydrogen) atoms. The minimum absolute atomic E-state index is 0.217. The Morgan fingerprint density at radius 3 is 2.34 bits per heavy atom. The van der Waals surface area contributed by atoms with E-state index in [9.17, 15) is 22.8 Å². The summed E-state index contributed by atoms with van der Waals surface area (Å²) in [5.74, 6) is 0.160. The van der Waals surface area contributed by atoms with Crippen LogP contribution in [-0.2, 0) is 11.0 Å². The minimum atomic E-state index is -4.45. The van der Waals surface area contributed by atoms with E-state index in [-0.39, 0.29) is 11.6 Å². The number of alkyl halides is 3. The van der Waals surface area contributed by atoms with Crippen LogP contribution in [0.3, 0.4) is 0 Å². The molecule has 0 bridgehead atoms. The number of pyridine rings is 1. The molecular formula is C24H19F3N6O2. The van der Waals surface area contributed by atoms with Crippen molar-refractivity contribution in [3.63, 3.8) is 0 Å². The average molecular weight is 480 g/mol. The molecule has 0 saturated heterocycles. The Hall–Kier alpha value is -4.67. The number of carbonyl (C=O) groups excluding carboxylic acids is 2. The number of aromatic amines is 1. The number of benzene rings is 2. The van der Waals surface area contributed by atoms with Gasteiger partial charge in [0.05, 0.1) is 11.3 Å². The van der Waals surface area contributed by atoms with Crippen molar-refractivity contribution in [2.45, 2.75) is 13.1 Å². The lowest BCUT2D eigenvalue weighted by atomic mass is 10.0. The lowest BCUT2D eigenvalue weighted by Gasteiger charge is -2.11. The largest absolute Gasteiger partial charge is 0.416 e. The standard InChI is InChI=1S/C24H19F3N6O2/c1-14(34)30-21-12-15(9-10-28-21)20-13-29-33-22(20)16-3-2-4-19(11-16)32-23(35)31-18-7-5-17(6-8-18)24(25,26)27/h2-13H,1H3,(H,29,33)(H,28,30,34)(H2,31,32,35). The summed E-state index contributed by atoms with van der Waals surface area (Å²) in [5.41, 5.74) is 2.70. The molecule has 4 aromatic rings. The molecule has 11 heteroatoms. The lowest BCUT2D eigenvalue weighted by Crippen LogP contribution is -2.19. The molecule has 0 spiro atoms. The van der Waals surface area contributed by atoms with Gasteiger partial charge in [0.2, 0.25) is 5.91 Å². The van der Waals surface area contributed by atoms with Crippen LogP contribution in [0.5, 0.6) is 0 Å². The number of H-pyrrole nitrogens is 1. The van der Waals surface area contributed by atoms with E-state index in [4.69, 9.17) is 0 Å². The summed E-state index contributed by atoms with van der Waals surface area (Å²) in [4.78, 5) is 27.8. The predicted molar refractivity (Wildman–Crippen MR) is 126 cm³/mol. The first-order valence-corrected chi connectivity index (χ1v) is 10.3. The molecular weight excluding hydrogens is 461 g/mol. The Morgan fingerprint density at radius 1 is 0.886 bits per heavy atom. The molecule has 8 nitrogen and oxygen atoms in total. The van der Waals surface area contributed by atoms with Crippen molar-refractivity contribution < 1.29 is 22.8 Å². The van der Waals surface area contributed by atoms with Gasteiger partial charge in [0.15, 0.2) is 0 Å². The van der Waals surface area contributed by atoms with Crippen LogP contribution in [0.2, 0.25) is 0 Å². The monoisotopic (exact) mass is 480 g/mol. The normalized spacial score (nSPS) is 11.1. The lowest BCUT2D eigenvalue weighted by molar-refractivity contribution is -0.137. The first-order valence-electron chi connectivity index (χ1n) is 10.3. The van der Waals surface area contributed by atoms with Gasteiger partial charge >= 0.3 is 12.2 Å². The Bertz CT molecular complexity index is 1370. The molecule has 4 rings (SSSR count). The average Bonchev–Trinajstić information content (AvgIpc) is 3.29. The Morgan fingerprint density at radius 2 is 1.63 bits per heavy atom. The van der Waals surface area contributed by atoms with Gasteiger partial charge in [-0.2, -0.15) is 18.3 Å². The second-order valence-corrected chi connectivity index (χ2v) is 7.49. The highest BCUT2D eigenvalue weighted by molar-refractivity contribution is 6.00. The van der Waals surface area contributed by atoms with E-state index in [0.29, 0.717) is 22.8 Å². The van der Waals surface area contributed by atoms with Gasteiger partial charge in [-0.3, -0.25) is 9.89 Å². The molecule has 0 aliphatic carbocycles. The molecule has 0 unspecified atom stereocenters. The van der Waals surface area contributed by atoms with Crippen molar-refractivity contribution in [1.29, 1.82) is 0 Å². The van der Waals surface area contributed by atoms with Crippen LogP contribution in [0, 0.1) is 0 Å². The highest BCUT2D eigenvalue weighted by Crippen LogP contribution is 2.32. The van der Waals surface area contributed by atoms with Crippen molar-refractivity contribution >= 4 is 29.1 Å². The van der Waals surface area contributed by atoms with Gasteiger partial charge in [-0.05, 0) is 54.1 Å². The number of hydrogen-bond acceptors (Lipinski definition) is 4. The first kappa shape index (κ1) is 23.5. The second-order valence-electron chi connectivity index (χ2n) is 7.49. The third-order valence-electron chi connectivity index (χ3n) is 4.88. The number of anilines is 3. The molecule has 0 saturated carbocycles. The van der Waals surface area contributed by atoms with Crippen molar-refractivity contribution in [3.05, 3.63) is 78.6 Å². The summed E-state index contributed by atoms with van der Waals surface area (Å²) in [6.07, 6.45) is -1.17. The van der Waals surface area contributed by atoms with Crippen LogP contribution >= 0.6 is 0 Å². The summed E-state index contributed by atoms with van der Waals surface area (Å²) in [7, 11) is 0. The minimum Gasteiger partial charge on any atom is -0.311 e. The van der Waals surface area contributed by atoms with Crippen molar-refractivity contribution in [3.8, 4) is 22.4 Å². The number of hydrogen-bond donors (Lipinski definition) is 4. The summed E-state index contributed by atoms with van der Waals surface area (Å²) < 4.78 is 38.1. The van der Waals surface area contributed by atoms with Crippen LogP contribution < -0.4 is 16.0 Å². The SMILES string of the molecule is CC(=O)Nc1cc(-c2c[nH]nc2-c2cccc(NC(=O)Nc3ccc(C(F)(F)F)cc3)c2)ccn1. The molecule has 0 fully saturated rings. The third-order valence-corrected chi connectivity index (χ3v) is 4.88. The molecule has 178 valence electrons. The molecule has 2 heterocycles. The zero-order valence-electron chi connectivity index (χ0n) is 18.3. The van der Waals surface area contributed by atoms with Crippen molar-refractivity contribution in [2.24, 2.45) is 0 Å². The third kappa shape index (κ3) is 5.82. The number of carbonyl (C=O) groups is 2. The van der Waals surface area contributed by atoms with Crippen molar-refractivity contribution in [1.82, 2.24) is 15.2 Å². The van der Waals surface area contributed by atoms with Crippen LogP contribution in [0.1, 0.15) is 12.5 Å². The summed E-state index contributed by atoms with van der Waals surface area (Å²) in [5, 5.41) is 14.9. The number of rotatable bonds is 5. The zero-order chi connectivity index (χ0) is 25.0. The molecule has 0 radical (unpaired) electrons. The fraction of sp³-hybridized carbons (Fsp3) is 0.0833. The fourth-order valence-electron chi connectivity index (χ4n) is 3.36. The van der Waals surface area contributed by atoms with Gasteiger partial charge in [0.25, 0.3) is 0 Å². The van der Waals surface area contributed by atoms with E-state index >= 15 is 0 Å². The van der Waals surface area contributed by atoms with Gasteiger partial charge < -0.3 is 16.0 Å². The first-order chi connectivity index (χ1) is 16.7. The maximum Gasteiger partial charge on any atom is 0.416 e. The molecule has 0 aliphatic heterocycles. The molecule has 0 aliphatic rings. The zero-order valence-corrected chi connectivity index (χ0v) is 18.3. The Kier molecular flexibility index (Phi) is 6.49. The van der Waals surface area contributed by atoms with E-state index in [0.717, 1.165) is 23.3 Å². The maximum absolute atomic E-state index is 12.7. The Labute approximate surface area is 197 Å². The number of amides is 3. The van der Waals surface area contributed by atoms with Crippen molar-refractivity contribution in [2.75, 3.05) is 16.0 Å². The highest BCUT2D eigenvalue weighted by Gasteiger charge is 2.30. The maximum atomic E-state index is 12.7. The highest BCUT2D eigenvalue weighted by atomic mass is 19.4. The topological polar surface area (TPSA) is 112 Å². The number of nitrogens with one attached hydrogen (secondary N) is 4. The smallest absolute Gasteiger partial charge is 0.311 e. The number of urea groups is 1. The van der Waals surface area contributed by atoms with Crippen LogP contribution in [0.25, 0.3) is 22.4 Å². The summed E-state index contributed by atoms with van der Waals surface area (Å²) in [6, 6.07) is 14.0. The molecule has 4 N–H and O–H groups in total. The van der Waals surface area contributed by atoms with E-state index in [2.05, 4.69) is 31.1 Å². The van der Waals surface area contributed by atoms with Crippen LogP contribution in [0.4, 0.5) is 35.2 Å².